The Morgan fingerprint density at radius 3 is 2.10 bits per heavy atom. The van der Waals surface area contributed by atoms with Gasteiger partial charge in [-0.1, -0.05) is 57.0 Å². The molecule has 2 aliphatic rings. The molecule has 5 atom stereocenters. The zero-order valence-electron chi connectivity index (χ0n) is 36.4. The van der Waals surface area contributed by atoms with Crippen molar-refractivity contribution in [1.82, 2.24) is 35.7 Å². The van der Waals surface area contributed by atoms with Crippen LogP contribution in [0.3, 0.4) is 0 Å². The predicted molar refractivity (Wildman–Crippen MR) is 220 cm³/mol. The maximum Gasteiger partial charge on any atom is 0.408 e. The van der Waals surface area contributed by atoms with Crippen molar-refractivity contribution < 1.29 is 43.0 Å². The summed E-state index contributed by atoms with van der Waals surface area (Å²) in [5.41, 5.74) is -1.32. The molecule has 0 radical (unpaired) electrons. The van der Waals surface area contributed by atoms with Gasteiger partial charge in [0.2, 0.25) is 23.6 Å². The monoisotopic (exact) mass is 823 g/mol. The highest BCUT2D eigenvalue weighted by Crippen LogP contribution is 2.33. The number of esters is 1. The van der Waals surface area contributed by atoms with Gasteiger partial charge in [-0.05, 0) is 72.3 Å². The maximum atomic E-state index is 14.6. The molecule has 1 aromatic carbocycles. The number of hydrogen-bond acceptors (Lipinski definition) is 10. The zero-order chi connectivity index (χ0) is 43.7. The molecule has 16 nitrogen and oxygen atoms in total. The van der Waals surface area contributed by atoms with Crippen LogP contribution >= 0.6 is 0 Å². The maximum absolute atomic E-state index is 14.6. The zero-order valence-corrected chi connectivity index (χ0v) is 36.4. The lowest BCUT2D eigenvalue weighted by atomic mass is 9.93. The fourth-order valence-corrected chi connectivity index (χ4v) is 7.68. The number of benzene rings is 1. The first-order valence-corrected chi connectivity index (χ1v) is 20.6. The van der Waals surface area contributed by atoms with Crippen LogP contribution < -0.4 is 21.3 Å². The number of nitrogens with zero attached hydrogens (tertiary/aromatic N) is 3. The van der Waals surface area contributed by atoms with Crippen LogP contribution in [0.5, 0.6) is 0 Å². The van der Waals surface area contributed by atoms with Gasteiger partial charge >= 0.3 is 12.1 Å². The first kappa shape index (κ1) is 46.7. The second kappa shape index (κ2) is 19.8. The Balaban J connectivity index is 1.59. The number of rotatable bonds is 16. The van der Waals surface area contributed by atoms with Crippen molar-refractivity contribution in [3.8, 4) is 0 Å². The third-order valence-electron chi connectivity index (χ3n) is 10.4. The van der Waals surface area contributed by atoms with E-state index >= 15 is 0 Å². The summed E-state index contributed by atoms with van der Waals surface area (Å²) < 4.78 is 18.6. The van der Waals surface area contributed by atoms with Crippen molar-refractivity contribution in [3.05, 3.63) is 54.1 Å². The van der Waals surface area contributed by atoms with Crippen molar-refractivity contribution in [2.75, 3.05) is 13.7 Å². The summed E-state index contributed by atoms with van der Waals surface area (Å²) in [5.74, 6) is -2.79. The Hall–Kier alpha value is -4.99. The van der Waals surface area contributed by atoms with Crippen LogP contribution in [0.15, 0.2) is 42.9 Å². The van der Waals surface area contributed by atoms with Crippen LogP contribution in [0.1, 0.15) is 105 Å². The summed E-state index contributed by atoms with van der Waals surface area (Å²) in [6, 6.07) is 5.01. The van der Waals surface area contributed by atoms with E-state index in [-0.39, 0.29) is 38.1 Å². The lowest BCUT2D eigenvalue weighted by Crippen LogP contribution is -2.64. The van der Waals surface area contributed by atoms with E-state index < -0.39 is 82.7 Å². The number of ether oxygens (including phenoxy) is 3. The number of hydrogen-bond donors (Lipinski definition) is 4. The Kier molecular flexibility index (Phi) is 15.7. The number of carbonyl (C=O) groups is 6. The van der Waals surface area contributed by atoms with Gasteiger partial charge in [0.15, 0.2) is 0 Å². The van der Waals surface area contributed by atoms with Gasteiger partial charge in [0.25, 0.3) is 0 Å². The molecule has 326 valence electrons. The number of aryl methyl sites for hydroxylation is 1. The lowest BCUT2D eigenvalue weighted by Gasteiger charge is -2.34. The van der Waals surface area contributed by atoms with Gasteiger partial charge in [0.05, 0.1) is 25.1 Å². The molecular formula is C43H65N7O9. The van der Waals surface area contributed by atoms with Crippen LogP contribution in [-0.4, -0.2) is 111 Å². The fraction of sp³-hybridized carbons (Fsp3) is 0.651. The molecule has 1 saturated heterocycles. The summed E-state index contributed by atoms with van der Waals surface area (Å²) in [5, 5.41) is 11.5. The molecule has 0 bridgehead atoms. The van der Waals surface area contributed by atoms with Gasteiger partial charge < -0.3 is 44.9 Å². The van der Waals surface area contributed by atoms with Gasteiger partial charge in [0.1, 0.15) is 35.3 Å². The molecule has 4 rings (SSSR count). The molecule has 59 heavy (non-hydrogen) atoms. The largest absolute Gasteiger partial charge is 0.467 e. The van der Waals surface area contributed by atoms with Gasteiger partial charge in [-0.25, -0.2) is 14.6 Å². The van der Waals surface area contributed by atoms with Crippen LogP contribution in [0.4, 0.5) is 4.79 Å². The molecule has 1 aromatic heterocycles. The predicted octanol–water partition coefficient (Wildman–Crippen LogP) is 3.50. The Labute approximate surface area is 348 Å². The fourth-order valence-electron chi connectivity index (χ4n) is 7.68. The van der Waals surface area contributed by atoms with E-state index in [1.165, 1.54) is 12.0 Å². The number of nitrogens with one attached hydrogen (secondary N) is 4. The molecule has 1 saturated carbocycles. The van der Waals surface area contributed by atoms with Crippen LogP contribution in [0.2, 0.25) is 0 Å². The average Bonchev–Trinajstić information content (AvgIpc) is 3.89. The highest BCUT2D eigenvalue weighted by Gasteiger charge is 2.49. The van der Waals surface area contributed by atoms with E-state index in [4.69, 9.17) is 14.2 Å². The molecule has 5 amide bonds. The van der Waals surface area contributed by atoms with Crippen molar-refractivity contribution in [1.29, 1.82) is 0 Å². The standard InChI is InChI=1S/C43H65N7O9/c1-27(2)20-31(35(51)45-33(38(54)57-10)21-28-16-12-11-13-17-28)46-39(55)43(18-14-15-19-43)48-36(52)34-23-30(58-41(3,4)5)25-50(34)37(53)32(22-29-24-44-26-49(29)9)47-40(56)59-42(6,7)8/h11-13,16-17,24,26-27,30-34H,14-15,18-23,25H2,1-10H3,(H,45,51)(H,46,55)(H,47,56)(H,48,52)/t30-,31+,32+,33+,34+/m1/s1. The summed E-state index contributed by atoms with van der Waals surface area (Å²) in [6.07, 6.45) is 4.45. The van der Waals surface area contributed by atoms with E-state index in [1.54, 1.807) is 44.9 Å². The van der Waals surface area contributed by atoms with Crippen LogP contribution in [0.25, 0.3) is 0 Å². The minimum atomic E-state index is -1.38. The third kappa shape index (κ3) is 13.5. The number of amides is 5. The molecule has 2 heterocycles. The molecule has 2 fully saturated rings. The Morgan fingerprint density at radius 2 is 1.54 bits per heavy atom. The van der Waals surface area contributed by atoms with Gasteiger partial charge in [0, 0.05) is 44.7 Å². The average molecular weight is 824 g/mol. The summed E-state index contributed by atoms with van der Waals surface area (Å²) >= 11 is 0. The van der Waals surface area contributed by atoms with E-state index in [9.17, 15) is 28.8 Å². The number of aromatic nitrogens is 2. The van der Waals surface area contributed by atoms with E-state index in [0.29, 0.717) is 31.4 Å². The highest BCUT2D eigenvalue weighted by molar-refractivity contribution is 5.98. The topological polar surface area (TPSA) is 199 Å². The normalized spacial score (nSPS) is 19.3. The molecule has 2 aromatic rings. The van der Waals surface area contributed by atoms with Gasteiger partial charge in [-0.15, -0.1) is 0 Å². The van der Waals surface area contributed by atoms with E-state index in [2.05, 4.69) is 26.3 Å². The van der Waals surface area contributed by atoms with E-state index in [1.807, 2.05) is 65.0 Å². The summed E-state index contributed by atoms with van der Waals surface area (Å²) in [7, 11) is 3.03. The Morgan fingerprint density at radius 1 is 0.881 bits per heavy atom. The van der Waals surface area contributed by atoms with E-state index in [0.717, 1.165) is 5.56 Å². The molecule has 1 aliphatic heterocycles. The summed E-state index contributed by atoms with van der Waals surface area (Å²) in [4.78, 5) is 88.9. The summed E-state index contributed by atoms with van der Waals surface area (Å²) in [6.45, 7) is 14.7. The van der Waals surface area contributed by atoms with Crippen molar-refractivity contribution in [3.63, 3.8) is 0 Å². The molecule has 1 aliphatic carbocycles. The number of imidazole rings is 1. The number of alkyl carbamates (subject to hydrolysis) is 1. The SMILES string of the molecule is COC(=O)[C@H](Cc1ccccc1)NC(=O)[C@H](CC(C)C)NC(=O)C1(NC(=O)[C@@H]2C[C@@H](OC(C)(C)C)CN2C(=O)[C@H](Cc2cncn2C)NC(=O)OC(C)(C)C)CCCC1. The van der Waals surface area contributed by atoms with Crippen molar-refractivity contribution in [2.24, 2.45) is 13.0 Å². The quantitative estimate of drug-likeness (QED) is 0.182. The molecule has 4 N–H and O–H groups in total. The van der Waals surface area contributed by atoms with Crippen LogP contribution in [-0.2, 0) is 58.1 Å². The highest BCUT2D eigenvalue weighted by atomic mass is 16.6. The first-order chi connectivity index (χ1) is 27.6. The lowest BCUT2D eigenvalue weighted by molar-refractivity contribution is -0.145. The van der Waals surface area contributed by atoms with Crippen molar-refractivity contribution in [2.45, 2.75) is 154 Å². The van der Waals surface area contributed by atoms with Gasteiger partial charge in [-0.3, -0.25) is 19.2 Å². The third-order valence-corrected chi connectivity index (χ3v) is 10.4. The number of methoxy groups -OCH3 is 1. The van der Waals surface area contributed by atoms with Crippen molar-refractivity contribution >= 4 is 35.7 Å². The molecular weight excluding hydrogens is 759 g/mol. The Bertz CT molecular complexity index is 1780. The molecule has 0 spiro atoms. The number of likely N-dealkylation sites (tertiary alicyclic amines) is 1. The second-order valence-corrected chi connectivity index (χ2v) is 18.2. The first-order valence-electron chi connectivity index (χ1n) is 20.6. The second-order valence-electron chi connectivity index (χ2n) is 18.2. The van der Waals surface area contributed by atoms with Gasteiger partial charge in [-0.2, -0.15) is 0 Å². The molecule has 0 unspecified atom stereocenters. The smallest absolute Gasteiger partial charge is 0.408 e. The minimum Gasteiger partial charge on any atom is -0.467 e. The minimum absolute atomic E-state index is 0.0164. The number of carbonyl (C=O) groups excluding carboxylic acids is 6. The molecule has 16 heteroatoms. The van der Waals surface area contributed by atoms with Crippen LogP contribution in [0, 0.1) is 5.92 Å².